The summed E-state index contributed by atoms with van der Waals surface area (Å²) < 4.78 is 0. The van der Waals surface area contributed by atoms with Gasteiger partial charge in [-0.05, 0) is 166 Å². The molecule has 0 atom stereocenters. The highest BCUT2D eigenvalue weighted by atomic mass is 15.2. The van der Waals surface area contributed by atoms with E-state index < -0.39 is 0 Å². The molecular formula is C72H67N3. The average molecular weight is 974 g/mol. The summed E-state index contributed by atoms with van der Waals surface area (Å²) in [4.78, 5) is 7.30. The van der Waals surface area contributed by atoms with E-state index in [1.54, 1.807) is 0 Å². The third kappa shape index (κ3) is 8.51. The largest absolute Gasteiger partial charge is 0.311 e. The zero-order valence-corrected chi connectivity index (χ0v) is 44.8. The van der Waals surface area contributed by atoms with E-state index in [2.05, 4.69) is 307 Å². The van der Waals surface area contributed by atoms with Gasteiger partial charge in [-0.2, -0.15) is 0 Å². The Bertz CT molecular complexity index is 3540. The van der Waals surface area contributed by atoms with Crippen molar-refractivity contribution in [3.63, 3.8) is 0 Å². The van der Waals surface area contributed by atoms with Gasteiger partial charge in [0, 0.05) is 50.4 Å². The first-order chi connectivity index (χ1) is 36.3. The SMILES string of the molecule is C=Cc1ccc(N(c2ccccc2)c2ccccc2)cc1/C=C\Cc1cc2c3c(c1)C(C)(C)c1cc(/C(C)=C/C=C/C=C(\C=C/C)N(c4ccccc4)c4ccccc4)cc4c1N3c1c(cccc1C4(C)C)C2(C)C. The summed E-state index contributed by atoms with van der Waals surface area (Å²) in [6.45, 7) is 23.2. The number of nitrogens with zero attached hydrogens (tertiary/aromatic N) is 3. The summed E-state index contributed by atoms with van der Waals surface area (Å²) in [5.41, 5.74) is 24.3. The lowest BCUT2D eigenvalue weighted by molar-refractivity contribution is 0.565. The van der Waals surface area contributed by atoms with E-state index in [0.29, 0.717) is 0 Å². The Balaban J connectivity index is 0.981. The van der Waals surface area contributed by atoms with Gasteiger partial charge in [0.2, 0.25) is 0 Å². The van der Waals surface area contributed by atoms with E-state index in [0.717, 1.165) is 51.7 Å². The lowest BCUT2D eigenvalue weighted by Crippen LogP contribution is -2.43. The molecule has 0 amide bonds. The van der Waals surface area contributed by atoms with Crippen LogP contribution in [0.3, 0.4) is 0 Å². The highest BCUT2D eigenvalue weighted by molar-refractivity contribution is 5.99. The van der Waals surface area contributed by atoms with Gasteiger partial charge in [-0.15, -0.1) is 0 Å². The van der Waals surface area contributed by atoms with E-state index >= 15 is 0 Å². The van der Waals surface area contributed by atoms with E-state index in [-0.39, 0.29) is 16.2 Å². The minimum atomic E-state index is -0.294. The van der Waals surface area contributed by atoms with Crippen molar-refractivity contribution in [2.45, 2.75) is 78.1 Å². The van der Waals surface area contributed by atoms with Crippen molar-refractivity contribution < 1.29 is 0 Å². The second kappa shape index (κ2) is 19.5. The molecule has 8 aromatic rings. The zero-order valence-electron chi connectivity index (χ0n) is 44.8. The molecule has 0 bridgehead atoms. The molecule has 0 radical (unpaired) electrons. The first-order valence-electron chi connectivity index (χ1n) is 26.6. The van der Waals surface area contributed by atoms with Gasteiger partial charge < -0.3 is 14.7 Å². The fourth-order valence-corrected chi connectivity index (χ4v) is 12.0. The van der Waals surface area contributed by atoms with Gasteiger partial charge in [-0.1, -0.05) is 200 Å². The summed E-state index contributed by atoms with van der Waals surface area (Å²) in [5.74, 6) is 0. The summed E-state index contributed by atoms with van der Waals surface area (Å²) >= 11 is 0. The monoisotopic (exact) mass is 974 g/mol. The predicted octanol–water partition coefficient (Wildman–Crippen LogP) is 19.7. The third-order valence-electron chi connectivity index (χ3n) is 16.1. The Morgan fingerprint density at radius 3 is 1.47 bits per heavy atom. The molecular weight excluding hydrogens is 907 g/mol. The standard InChI is InChI=1S/C72H67N3/c1-10-28-55(73(56-32-16-12-17-33-56)57-34-18-13-19-35-57)40-25-24-29-50(3)54-48-65-69-66(49-54)72(8,9)64-46-51(45-63-68(64)75(69)67-61(70(63,4)5)41-27-42-62(67)71(65,6)7)30-26-31-53-47-60(44-43-52(53)11-2)74(58-36-20-14-21-37-58)59-38-22-15-23-39-59/h10-29,31-49H,2,30H2,1,3-9H3/b25-24+,28-10-,31-26-,50-29+,55-40+. The van der Waals surface area contributed by atoms with Gasteiger partial charge in [-0.25, -0.2) is 0 Å². The van der Waals surface area contributed by atoms with E-state index in [4.69, 9.17) is 0 Å². The number of allylic oxidation sites excluding steroid dienone is 8. The Labute approximate surface area is 446 Å². The van der Waals surface area contributed by atoms with Crippen LogP contribution in [0.1, 0.15) is 111 Å². The van der Waals surface area contributed by atoms with Gasteiger partial charge >= 0.3 is 0 Å². The highest BCUT2D eigenvalue weighted by Gasteiger charge is 2.52. The molecule has 0 unspecified atom stereocenters. The molecule has 0 aromatic heterocycles. The van der Waals surface area contributed by atoms with Crippen molar-refractivity contribution in [3.8, 4) is 0 Å². The number of anilines is 8. The highest BCUT2D eigenvalue weighted by Crippen LogP contribution is 2.66. The molecule has 0 saturated heterocycles. The van der Waals surface area contributed by atoms with Crippen LogP contribution in [0.15, 0.2) is 237 Å². The first kappa shape index (κ1) is 48.8. The topological polar surface area (TPSA) is 9.72 Å². The average Bonchev–Trinajstić information content (AvgIpc) is 3.48. The number of hydrogen-bond donors (Lipinski definition) is 0. The van der Waals surface area contributed by atoms with Crippen LogP contribution >= 0.6 is 0 Å². The lowest BCUT2D eigenvalue weighted by atomic mass is 9.60. The molecule has 3 aliphatic rings. The molecule has 3 nitrogen and oxygen atoms in total. The molecule has 3 aliphatic heterocycles. The maximum absolute atomic E-state index is 4.23. The predicted molar refractivity (Wildman–Crippen MR) is 322 cm³/mol. The van der Waals surface area contributed by atoms with E-state index in [1.807, 2.05) is 6.08 Å². The van der Waals surface area contributed by atoms with Gasteiger partial charge in [0.1, 0.15) is 0 Å². The first-order valence-corrected chi connectivity index (χ1v) is 26.6. The van der Waals surface area contributed by atoms with Crippen molar-refractivity contribution in [1.29, 1.82) is 0 Å². The third-order valence-corrected chi connectivity index (χ3v) is 16.1. The van der Waals surface area contributed by atoms with Gasteiger partial charge in [0.05, 0.1) is 17.1 Å². The molecule has 75 heavy (non-hydrogen) atoms. The van der Waals surface area contributed by atoms with E-state index in [1.165, 1.54) is 67.1 Å². The second-order valence-electron chi connectivity index (χ2n) is 21.8. The van der Waals surface area contributed by atoms with Crippen molar-refractivity contribution in [2.75, 3.05) is 14.7 Å². The molecule has 0 aliphatic carbocycles. The van der Waals surface area contributed by atoms with Crippen LogP contribution in [0.2, 0.25) is 0 Å². The Morgan fingerprint density at radius 1 is 0.493 bits per heavy atom. The minimum Gasteiger partial charge on any atom is -0.311 e. The Morgan fingerprint density at radius 2 is 0.960 bits per heavy atom. The van der Waals surface area contributed by atoms with Gasteiger partial charge in [-0.3, -0.25) is 0 Å². The van der Waals surface area contributed by atoms with Crippen LogP contribution in [0.25, 0.3) is 17.7 Å². The summed E-state index contributed by atoms with van der Waals surface area (Å²) in [6, 6.07) is 66.2. The lowest BCUT2D eigenvalue weighted by Gasteiger charge is -2.55. The van der Waals surface area contributed by atoms with Crippen LogP contribution in [-0.4, -0.2) is 0 Å². The summed E-state index contributed by atoms with van der Waals surface area (Å²) in [5, 5.41) is 0. The van der Waals surface area contributed by atoms with Crippen LogP contribution in [0.4, 0.5) is 45.5 Å². The number of rotatable bonds is 14. The quantitative estimate of drug-likeness (QED) is 0.101. The number of hydrogen-bond acceptors (Lipinski definition) is 3. The zero-order chi connectivity index (χ0) is 52.1. The summed E-state index contributed by atoms with van der Waals surface area (Å²) in [7, 11) is 0. The number of para-hydroxylation sites is 5. The maximum atomic E-state index is 4.23. The molecule has 0 spiro atoms. The van der Waals surface area contributed by atoms with Crippen molar-refractivity contribution in [2.24, 2.45) is 0 Å². The van der Waals surface area contributed by atoms with Crippen LogP contribution < -0.4 is 14.7 Å². The van der Waals surface area contributed by atoms with Crippen LogP contribution in [0, 0.1) is 0 Å². The van der Waals surface area contributed by atoms with Gasteiger partial charge in [0.25, 0.3) is 0 Å². The molecule has 3 heterocycles. The smallest absolute Gasteiger partial charge is 0.0544 e. The molecule has 0 N–H and O–H groups in total. The molecule has 0 saturated carbocycles. The van der Waals surface area contributed by atoms with Gasteiger partial charge in [0.15, 0.2) is 0 Å². The minimum absolute atomic E-state index is 0.221. The Hall–Kier alpha value is -8.40. The van der Waals surface area contributed by atoms with Crippen LogP contribution in [-0.2, 0) is 22.7 Å². The maximum Gasteiger partial charge on any atom is 0.0544 e. The second-order valence-corrected chi connectivity index (χ2v) is 21.8. The molecule has 3 heteroatoms. The van der Waals surface area contributed by atoms with Crippen LogP contribution in [0.5, 0.6) is 0 Å². The van der Waals surface area contributed by atoms with Crippen molar-refractivity contribution in [3.05, 3.63) is 292 Å². The fraction of sp³-hybridized carbons (Fsp3) is 0.167. The van der Waals surface area contributed by atoms with E-state index in [9.17, 15) is 0 Å². The molecule has 370 valence electrons. The number of benzene rings is 8. The van der Waals surface area contributed by atoms with Crippen molar-refractivity contribution in [1.82, 2.24) is 0 Å². The summed E-state index contributed by atoms with van der Waals surface area (Å²) in [6.07, 6.45) is 20.5. The Kier molecular flexibility index (Phi) is 12.7. The molecule has 11 rings (SSSR count). The fourth-order valence-electron chi connectivity index (χ4n) is 12.0. The van der Waals surface area contributed by atoms with Crippen molar-refractivity contribution >= 4 is 63.2 Å². The normalized spacial score (nSPS) is 15.6. The molecule has 0 fully saturated rings. The molecule has 8 aromatic carbocycles.